The summed E-state index contributed by atoms with van der Waals surface area (Å²) in [6.45, 7) is 5.64. The van der Waals surface area contributed by atoms with E-state index < -0.39 is 0 Å². The summed E-state index contributed by atoms with van der Waals surface area (Å²) in [6.07, 6.45) is 0. The van der Waals surface area contributed by atoms with Crippen LogP contribution in [0.4, 0.5) is 6.01 Å². The van der Waals surface area contributed by atoms with E-state index in [4.69, 9.17) is 4.42 Å². The summed E-state index contributed by atoms with van der Waals surface area (Å²) in [7, 11) is 0. The Hall–Kier alpha value is -1.59. The van der Waals surface area contributed by atoms with Gasteiger partial charge in [0.2, 0.25) is 11.8 Å². The van der Waals surface area contributed by atoms with Crippen molar-refractivity contribution >= 4 is 11.9 Å². The van der Waals surface area contributed by atoms with Gasteiger partial charge in [-0.3, -0.25) is 4.79 Å². The van der Waals surface area contributed by atoms with Crippen molar-refractivity contribution in [3.05, 3.63) is 5.89 Å². The minimum Gasteiger partial charge on any atom is -0.406 e. The number of anilines is 1. The summed E-state index contributed by atoms with van der Waals surface area (Å²) in [4.78, 5) is 10.6. The molecule has 0 bridgehead atoms. The molecule has 0 atom stereocenters. The van der Waals surface area contributed by atoms with E-state index in [1.807, 2.05) is 13.8 Å². The van der Waals surface area contributed by atoms with Gasteiger partial charge in [-0.15, -0.1) is 5.10 Å². The van der Waals surface area contributed by atoms with E-state index in [0.717, 1.165) is 0 Å². The Bertz CT molecular complexity index is 308. The maximum atomic E-state index is 10.6. The van der Waals surface area contributed by atoms with Crippen LogP contribution in [0.5, 0.6) is 0 Å². The molecule has 1 aromatic rings. The number of nitrogens with one attached hydrogen (secondary N) is 2. The Balaban J connectivity index is 2.46. The van der Waals surface area contributed by atoms with Crippen molar-refractivity contribution in [3.8, 4) is 0 Å². The third kappa shape index (κ3) is 3.42. The summed E-state index contributed by atoms with van der Waals surface area (Å²) < 4.78 is 5.20. The molecule has 0 aliphatic carbocycles. The van der Waals surface area contributed by atoms with Gasteiger partial charge in [0.25, 0.3) is 0 Å². The first-order chi connectivity index (χ1) is 6.58. The van der Waals surface area contributed by atoms with Gasteiger partial charge >= 0.3 is 6.01 Å². The number of rotatable bonds is 4. The first-order valence-corrected chi connectivity index (χ1v) is 4.41. The van der Waals surface area contributed by atoms with Gasteiger partial charge in [-0.25, -0.2) is 0 Å². The van der Waals surface area contributed by atoms with Gasteiger partial charge in [0, 0.05) is 13.0 Å². The summed E-state index contributed by atoms with van der Waals surface area (Å²) in [5.74, 6) is 0.268. The van der Waals surface area contributed by atoms with Crippen molar-refractivity contribution in [2.24, 2.45) is 0 Å². The van der Waals surface area contributed by atoms with Crippen LogP contribution in [-0.4, -0.2) is 22.1 Å². The Morgan fingerprint density at radius 3 is 2.79 bits per heavy atom. The molecule has 6 nitrogen and oxygen atoms in total. The SMILES string of the molecule is CC(=O)NCc1nnc(NC(C)C)o1. The highest BCUT2D eigenvalue weighted by Gasteiger charge is 2.06. The minimum atomic E-state index is -0.124. The number of hydrogen-bond donors (Lipinski definition) is 2. The van der Waals surface area contributed by atoms with Crippen LogP contribution < -0.4 is 10.6 Å². The molecule has 6 heteroatoms. The van der Waals surface area contributed by atoms with Gasteiger partial charge in [-0.05, 0) is 13.8 Å². The van der Waals surface area contributed by atoms with Gasteiger partial charge in [0.1, 0.15) is 0 Å². The van der Waals surface area contributed by atoms with Crippen molar-refractivity contribution < 1.29 is 9.21 Å². The predicted molar refractivity (Wildman–Crippen MR) is 50.6 cm³/mol. The van der Waals surface area contributed by atoms with Gasteiger partial charge in [-0.2, -0.15) is 0 Å². The molecule has 0 unspecified atom stereocenters. The molecule has 0 radical (unpaired) electrons. The highest BCUT2D eigenvalue weighted by molar-refractivity contribution is 5.72. The van der Waals surface area contributed by atoms with Crippen LogP contribution in [0.3, 0.4) is 0 Å². The Morgan fingerprint density at radius 2 is 2.21 bits per heavy atom. The molecule has 0 aliphatic rings. The molecule has 0 aromatic carbocycles. The lowest BCUT2D eigenvalue weighted by Crippen LogP contribution is -2.19. The van der Waals surface area contributed by atoms with Gasteiger partial charge < -0.3 is 15.1 Å². The number of aromatic nitrogens is 2. The van der Waals surface area contributed by atoms with Crippen LogP contribution in [0.1, 0.15) is 26.7 Å². The molecular formula is C8H14N4O2. The van der Waals surface area contributed by atoms with E-state index in [9.17, 15) is 4.79 Å². The van der Waals surface area contributed by atoms with Crippen LogP contribution in [0, 0.1) is 0 Å². The zero-order valence-corrected chi connectivity index (χ0v) is 8.50. The molecule has 1 aromatic heterocycles. The second-order valence-electron chi connectivity index (χ2n) is 3.21. The van der Waals surface area contributed by atoms with Crippen molar-refractivity contribution in [2.75, 3.05) is 5.32 Å². The number of carbonyl (C=O) groups excluding carboxylic acids is 1. The Morgan fingerprint density at radius 1 is 1.50 bits per heavy atom. The zero-order chi connectivity index (χ0) is 10.6. The second kappa shape index (κ2) is 4.59. The van der Waals surface area contributed by atoms with Crippen LogP contribution in [0.25, 0.3) is 0 Å². The normalized spacial score (nSPS) is 10.3. The highest BCUT2D eigenvalue weighted by atomic mass is 16.4. The van der Waals surface area contributed by atoms with Crippen molar-refractivity contribution in [1.82, 2.24) is 15.5 Å². The van der Waals surface area contributed by atoms with Gasteiger partial charge in [-0.1, -0.05) is 5.10 Å². The molecule has 2 N–H and O–H groups in total. The number of carbonyl (C=O) groups is 1. The maximum absolute atomic E-state index is 10.6. The van der Waals surface area contributed by atoms with Gasteiger partial charge in [0.05, 0.1) is 6.54 Å². The third-order valence-electron chi connectivity index (χ3n) is 1.37. The number of amides is 1. The topological polar surface area (TPSA) is 80.0 Å². The van der Waals surface area contributed by atoms with Crippen molar-refractivity contribution in [1.29, 1.82) is 0 Å². The Labute approximate surface area is 82.1 Å². The first-order valence-electron chi connectivity index (χ1n) is 4.41. The van der Waals surface area contributed by atoms with E-state index in [-0.39, 0.29) is 18.5 Å². The standard InChI is InChI=1S/C8H14N4O2/c1-5(2)10-8-12-11-7(14-8)4-9-6(3)13/h5H,4H2,1-3H3,(H,9,13)(H,10,12). The van der Waals surface area contributed by atoms with Crippen LogP contribution in [0.2, 0.25) is 0 Å². The van der Waals surface area contributed by atoms with Crippen molar-refractivity contribution in [3.63, 3.8) is 0 Å². The Kier molecular flexibility index (Phi) is 3.44. The zero-order valence-electron chi connectivity index (χ0n) is 8.50. The number of nitrogens with zero attached hydrogens (tertiary/aromatic N) is 2. The average molecular weight is 198 g/mol. The summed E-state index contributed by atoms with van der Waals surface area (Å²) in [5.41, 5.74) is 0. The quantitative estimate of drug-likeness (QED) is 0.737. The fourth-order valence-electron chi connectivity index (χ4n) is 0.830. The van der Waals surface area contributed by atoms with Crippen LogP contribution in [-0.2, 0) is 11.3 Å². The van der Waals surface area contributed by atoms with Crippen molar-refractivity contribution in [2.45, 2.75) is 33.4 Å². The maximum Gasteiger partial charge on any atom is 0.315 e. The summed E-state index contributed by atoms with van der Waals surface area (Å²) in [6, 6.07) is 0.615. The van der Waals surface area contributed by atoms with Crippen LogP contribution >= 0.6 is 0 Å². The fourth-order valence-corrected chi connectivity index (χ4v) is 0.830. The van der Waals surface area contributed by atoms with Gasteiger partial charge in [0.15, 0.2) is 0 Å². The smallest absolute Gasteiger partial charge is 0.315 e. The summed E-state index contributed by atoms with van der Waals surface area (Å²) >= 11 is 0. The van der Waals surface area contributed by atoms with E-state index in [1.54, 1.807) is 0 Å². The second-order valence-corrected chi connectivity index (χ2v) is 3.21. The van der Waals surface area contributed by atoms with E-state index >= 15 is 0 Å². The minimum absolute atomic E-state index is 0.124. The monoisotopic (exact) mass is 198 g/mol. The molecule has 0 spiro atoms. The lowest BCUT2D eigenvalue weighted by Gasteiger charge is -2.02. The summed E-state index contributed by atoms with van der Waals surface area (Å²) in [5, 5.41) is 13.0. The molecular weight excluding hydrogens is 184 g/mol. The molecule has 0 aliphatic heterocycles. The molecule has 0 saturated heterocycles. The fraction of sp³-hybridized carbons (Fsp3) is 0.625. The molecule has 1 heterocycles. The lowest BCUT2D eigenvalue weighted by atomic mass is 10.4. The largest absolute Gasteiger partial charge is 0.406 e. The highest BCUT2D eigenvalue weighted by Crippen LogP contribution is 2.06. The van der Waals surface area contributed by atoms with Crippen LogP contribution in [0.15, 0.2) is 4.42 Å². The van der Waals surface area contributed by atoms with E-state index in [2.05, 4.69) is 20.8 Å². The molecule has 1 amide bonds. The molecule has 0 fully saturated rings. The number of hydrogen-bond acceptors (Lipinski definition) is 5. The predicted octanol–water partition coefficient (Wildman–Crippen LogP) is 0.526. The molecule has 78 valence electrons. The van der Waals surface area contributed by atoms with E-state index in [1.165, 1.54) is 6.92 Å². The average Bonchev–Trinajstić information content (AvgIpc) is 2.47. The first kappa shape index (κ1) is 10.5. The molecule has 1 rings (SSSR count). The lowest BCUT2D eigenvalue weighted by molar-refractivity contribution is -0.119. The third-order valence-corrected chi connectivity index (χ3v) is 1.37. The van der Waals surface area contributed by atoms with E-state index in [0.29, 0.717) is 11.9 Å². The molecule has 0 saturated carbocycles. The molecule has 14 heavy (non-hydrogen) atoms.